The molecule has 2 aliphatic carbocycles. The van der Waals surface area contributed by atoms with Gasteiger partial charge in [-0.1, -0.05) is 31.6 Å². The molecule has 4 aliphatic rings. The first-order valence-corrected chi connectivity index (χ1v) is 12.3. The Morgan fingerprint density at radius 1 is 1.15 bits per heavy atom. The van der Waals surface area contributed by atoms with Gasteiger partial charge in [0, 0.05) is 36.7 Å². The third-order valence-electron chi connectivity index (χ3n) is 7.95. The number of nitrogens with zero attached hydrogens (tertiary/aromatic N) is 1. The van der Waals surface area contributed by atoms with Gasteiger partial charge in [-0.3, -0.25) is 9.59 Å². The van der Waals surface area contributed by atoms with Crippen LogP contribution >= 0.6 is 0 Å². The standard InChI is InChI=1S/C26H33F2N3O2/c1-16-6-9-23(24(32)30-16)31-15-20-11-17(7-8-21(20)25(31)33)10-19-4-2-3-5-22(19)29-14-18-12-26(27,28)13-18/h7-8,11,18-19,22-23,29H,1-6,9-10,12-15H2,(H,30,32)/t19-,22+,23?/m1/s1. The molecule has 0 spiro atoms. The predicted octanol–water partition coefficient (Wildman–Crippen LogP) is 4.17. The maximum absolute atomic E-state index is 13.2. The molecule has 5 nitrogen and oxygen atoms in total. The summed E-state index contributed by atoms with van der Waals surface area (Å²) in [5, 5.41) is 6.38. The summed E-state index contributed by atoms with van der Waals surface area (Å²) in [4.78, 5) is 27.1. The van der Waals surface area contributed by atoms with E-state index in [1.165, 1.54) is 18.4 Å². The summed E-state index contributed by atoms with van der Waals surface area (Å²) in [6.07, 6.45) is 6.85. The van der Waals surface area contributed by atoms with Crippen LogP contribution < -0.4 is 10.6 Å². The first-order valence-electron chi connectivity index (χ1n) is 12.3. The van der Waals surface area contributed by atoms with E-state index >= 15 is 0 Å². The molecule has 2 heterocycles. The van der Waals surface area contributed by atoms with Gasteiger partial charge in [-0.2, -0.15) is 0 Å². The van der Waals surface area contributed by atoms with Crippen molar-refractivity contribution in [2.45, 2.75) is 82.3 Å². The van der Waals surface area contributed by atoms with Gasteiger partial charge in [-0.25, -0.2) is 8.78 Å². The first-order chi connectivity index (χ1) is 15.8. The molecule has 0 radical (unpaired) electrons. The smallest absolute Gasteiger partial charge is 0.255 e. The molecule has 2 amide bonds. The van der Waals surface area contributed by atoms with Crippen molar-refractivity contribution in [3.8, 4) is 0 Å². The Balaban J connectivity index is 1.22. The Bertz CT molecular complexity index is 955. The van der Waals surface area contributed by atoms with Crippen molar-refractivity contribution in [3.05, 3.63) is 47.2 Å². The quantitative estimate of drug-likeness (QED) is 0.674. The Hall–Kier alpha value is -2.28. The molecule has 2 N–H and O–H groups in total. The lowest BCUT2D eigenvalue weighted by molar-refractivity contribution is -0.126. The minimum absolute atomic E-state index is 0.0138. The molecule has 178 valence electrons. The molecular weight excluding hydrogens is 424 g/mol. The molecule has 1 aromatic rings. The lowest BCUT2D eigenvalue weighted by Gasteiger charge is -2.38. The van der Waals surface area contributed by atoms with Crippen molar-refractivity contribution in [2.75, 3.05) is 6.54 Å². The number of nitrogens with one attached hydrogen (secondary N) is 2. The third-order valence-corrected chi connectivity index (χ3v) is 7.95. The monoisotopic (exact) mass is 457 g/mol. The fourth-order valence-electron chi connectivity index (χ4n) is 6.11. The van der Waals surface area contributed by atoms with E-state index in [0.29, 0.717) is 49.2 Å². The predicted molar refractivity (Wildman–Crippen MR) is 122 cm³/mol. The van der Waals surface area contributed by atoms with Crippen LogP contribution in [0.4, 0.5) is 8.78 Å². The summed E-state index contributed by atoms with van der Waals surface area (Å²) in [5.41, 5.74) is 3.61. The highest BCUT2D eigenvalue weighted by atomic mass is 19.3. The van der Waals surface area contributed by atoms with E-state index in [2.05, 4.69) is 23.3 Å². The minimum atomic E-state index is -2.46. The summed E-state index contributed by atoms with van der Waals surface area (Å²) in [6, 6.07) is 6.00. The van der Waals surface area contributed by atoms with Crippen molar-refractivity contribution < 1.29 is 18.4 Å². The Kier molecular flexibility index (Phi) is 6.02. The molecule has 0 aromatic heterocycles. The molecule has 1 unspecified atom stereocenters. The number of hydrogen-bond donors (Lipinski definition) is 2. The van der Waals surface area contributed by atoms with Crippen LogP contribution in [-0.4, -0.2) is 41.3 Å². The van der Waals surface area contributed by atoms with Crippen LogP contribution in [0.25, 0.3) is 0 Å². The van der Waals surface area contributed by atoms with Gasteiger partial charge in [0.2, 0.25) is 11.8 Å². The number of amides is 2. The molecule has 0 bridgehead atoms. The van der Waals surface area contributed by atoms with Crippen molar-refractivity contribution in [1.29, 1.82) is 0 Å². The molecule has 1 saturated heterocycles. The van der Waals surface area contributed by atoms with Gasteiger partial charge in [0.15, 0.2) is 0 Å². The van der Waals surface area contributed by atoms with Crippen LogP contribution in [0.3, 0.4) is 0 Å². The Morgan fingerprint density at radius 2 is 1.94 bits per heavy atom. The highest BCUT2D eigenvalue weighted by Gasteiger charge is 2.45. The molecule has 3 fully saturated rings. The summed E-state index contributed by atoms with van der Waals surface area (Å²) in [7, 11) is 0. The maximum Gasteiger partial charge on any atom is 0.255 e. The molecule has 1 aromatic carbocycles. The highest BCUT2D eigenvalue weighted by molar-refractivity contribution is 6.01. The fraction of sp³-hybridized carbons (Fsp3) is 0.615. The van der Waals surface area contributed by atoms with E-state index in [4.69, 9.17) is 0 Å². The van der Waals surface area contributed by atoms with E-state index < -0.39 is 12.0 Å². The Labute approximate surface area is 194 Å². The van der Waals surface area contributed by atoms with Crippen molar-refractivity contribution in [2.24, 2.45) is 11.8 Å². The van der Waals surface area contributed by atoms with Gasteiger partial charge >= 0.3 is 0 Å². The average Bonchev–Trinajstić information content (AvgIpc) is 3.07. The molecule has 3 atom stereocenters. The maximum atomic E-state index is 13.2. The van der Waals surface area contributed by atoms with Crippen LogP contribution in [0.1, 0.15) is 72.9 Å². The lowest BCUT2D eigenvalue weighted by Crippen LogP contribution is -2.49. The van der Waals surface area contributed by atoms with Gasteiger partial charge in [-0.05, 0) is 67.7 Å². The molecule has 2 aliphatic heterocycles. The van der Waals surface area contributed by atoms with Crippen LogP contribution in [0, 0.1) is 11.8 Å². The topological polar surface area (TPSA) is 61.4 Å². The zero-order valence-corrected chi connectivity index (χ0v) is 19.0. The van der Waals surface area contributed by atoms with Crippen LogP contribution in [0.5, 0.6) is 0 Å². The van der Waals surface area contributed by atoms with Gasteiger partial charge in [0.25, 0.3) is 5.91 Å². The number of fused-ring (bicyclic) bond motifs is 1. The number of alkyl halides is 2. The number of piperidine rings is 1. The molecule has 7 heteroatoms. The molecule has 2 saturated carbocycles. The number of carbonyl (C=O) groups is 2. The number of benzene rings is 1. The zero-order chi connectivity index (χ0) is 23.2. The van der Waals surface area contributed by atoms with E-state index in [1.54, 1.807) is 4.90 Å². The third kappa shape index (κ3) is 4.70. The molecule has 33 heavy (non-hydrogen) atoms. The SMILES string of the molecule is C=C1CCC(N2Cc3cc(C[C@H]4CCCC[C@@H]4NCC4CC(F)(F)C4)ccc3C2=O)C(=O)N1. The highest BCUT2D eigenvalue weighted by Crippen LogP contribution is 2.42. The van der Waals surface area contributed by atoms with Crippen molar-refractivity contribution in [3.63, 3.8) is 0 Å². The van der Waals surface area contributed by atoms with E-state index in [1.807, 2.05) is 12.1 Å². The number of hydrogen-bond acceptors (Lipinski definition) is 3. The average molecular weight is 458 g/mol. The van der Waals surface area contributed by atoms with Crippen LogP contribution in [0.15, 0.2) is 30.5 Å². The van der Waals surface area contributed by atoms with E-state index in [9.17, 15) is 18.4 Å². The van der Waals surface area contributed by atoms with Gasteiger partial charge < -0.3 is 15.5 Å². The summed E-state index contributed by atoms with van der Waals surface area (Å²) < 4.78 is 26.3. The number of halogens is 2. The van der Waals surface area contributed by atoms with E-state index in [0.717, 1.165) is 24.8 Å². The Morgan fingerprint density at radius 3 is 2.70 bits per heavy atom. The minimum Gasteiger partial charge on any atom is -0.329 e. The van der Waals surface area contributed by atoms with Gasteiger partial charge in [-0.15, -0.1) is 0 Å². The first kappa shape index (κ1) is 22.5. The largest absolute Gasteiger partial charge is 0.329 e. The lowest BCUT2D eigenvalue weighted by atomic mass is 9.78. The van der Waals surface area contributed by atoms with Crippen LogP contribution in [0.2, 0.25) is 0 Å². The summed E-state index contributed by atoms with van der Waals surface area (Å²) in [5.74, 6) is -2.11. The van der Waals surface area contributed by atoms with Crippen LogP contribution in [-0.2, 0) is 17.8 Å². The second kappa shape index (κ2) is 8.82. The summed E-state index contributed by atoms with van der Waals surface area (Å²) >= 11 is 0. The second-order valence-electron chi connectivity index (χ2n) is 10.5. The zero-order valence-electron chi connectivity index (χ0n) is 19.0. The number of carbonyl (C=O) groups excluding carboxylic acids is 2. The van der Waals surface area contributed by atoms with Gasteiger partial charge in [0.1, 0.15) is 6.04 Å². The van der Waals surface area contributed by atoms with Crippen molar-refractivity contribution >= 4 is 11.8 Å². The van der Waals surface area contributed by atoms with Gasteiger partial charge in [0.05, 0.1) is 0 Å². The van der Waals surface area contributed by atoms with Crippen molar-refractivity contribution in [1.82, 2.24) is 15.5 Å². The fourth-order valence-corrected chi connectivity index (χ4v) is 6.11. The normalized spacial score (nSPS) is 29.6. The number of rotatable bonds is 6. The summed E-state index contributed by atoms with van der Waals surface area (Å²) in [6.45, 7) is 4.97. The van der Waals surface area contributed by atoms with E-state index in [-0.39, 0.29) is 30.6 Å². The molecular formula is C26H33F2N3O2. The second-order valence-corrected chi connectivity index (χ2v) is 10.5. The number of allylic oxidation sites excluding steroid dienone is 1. The molecule has 5 rings (SSSR count).